The lowest BCUT2D eigenvalue weighted by molar-refractivity contribution is -0.139. The van der Waals surface area contributed by atoms with Gasteiger partial charge >= 0.3 is 11.9 Å². The van der Waals surface area contributed by atoms with Gasteiger partial charge < -0.3 is 25.3 Å². The second-order valence-electron chi connectivity index (χ2n) is 11.5. The van der Waals surface area contributed by atoms with E-state index in [0.29, 0.717) is 53.5 Å². The average Bonchev–Trinajstić information content (AvgIpc) is 3.26. The number of benzene rings is 1. The van der Waals surface area contributed by atoms with Gasteiger partial charge in [0.05, 0.1) is 60.9 Å². The number of methoxy groups -OCH3 is 1. The Hall–Kier alpha value is -2.77. The van der Waals surface area contributed by atoms with E-state index < -0.39 is 39.1 Å². The van der Waals surface area contributed by atoms with Crippen LogP contribution in [0.4, 0.5) is 0 Å². The number of ketones is 1. The summed E-state index contributed by atoms with van der Waals surface area (Å²) in [6.07, 6.45) is 1.97. The molecule has 238 valence electrons. The lowest BCUT2D eigenvalue weighted by Gasteiger charge is -2.35. The van der Waals surface area contributed by atoms with Crippen molar-refractivity contribution in [3.05, 3.63) is 57.4 Å². The maximum absolute atomic E-state index is 12.9. The first-order valence-corrected chi connectivity index (χ1v) is 16.1. The van der Waals surface area contributed by atoms with E-state index in [0.717, 1.165) is 6.42 Å². The minimum Gasteiger partial charge on any atom is -0.466 e. The number of nitrogens with one attached hydrogen (secondary N) is 1. The first-order chi connectivity index (χ1) is 20.1. The fourth-order valence-corrected chi connectivity index (χ4v) is 8.08. The molecular formula is C30H41ClN2O9S. The van der Waals surface area contributed by atoms with Crippen LogP contribution in [-0.2, 0) is 38.7 Å². The van der Waals surface area contributed by atoms with Gasteiger partial charge in [-0.3, -0.25) is 9.35 Å². The molecule has 4 rings (SSSR count). The highest BCUT2D eigenvalue weighted by atomic mass is 35.5. The van der Waals surface area contributed by atoms with Crippen LogP contribution in [-0.4, -0.2) is 69.9 Å². The number of hydrogen-bond acceptors (Lipinski definition) is 10. The molecule has 3 aliphatic rings. The number of carbonyl (C=O) groups excluding carboxylic acids is 3. The Balaban J connectivity index is 0.000000282. The van der Waals surface area contributed by atoms with E-state index in [1.807, 2.05) is 13.8 Å². The van der Waals surface area contributed by atoms with E-state index in [1.165, 1.54) is 7.11 Å². The van der Waals surface area contributed by atoms with Gasteiger partial charge in [0.25, 0.3) is 10.1 Å². The number of fused-ring (bicyclic) bond motifs is 2. The number of carbonyl (C=O) groups is 3. The van der Waals surface area contributed by atoms with E-state index in [2.05, 4.69) is 5.32 Å². The predicted octanol–water partition coefficient (Wildman–Crippen LogP) is 3.54. The molecule has 0 unspecified atom stereocenters. The van der Waals surface area contributed by atoms with Crippen molar-refractivity contribution in [3.8, 4) is 0 Å². The van der Waals surface area contributed by atoms with Gasteiger partial charge in [0.2, 0.25) is 0 Å². The highest BCUT2D eigenvalue weighted by Crippen LogP contribution is 2.64. The largest absolute Gasteiger partial charge is 0.466 e. The Morgan fingerprint density at radius 1 is 1.19 bits per heavy atom. The molecule has 11 nitrogen and oxygen atoms in total. The molecule has 1 aliphatic heterocycles. The van der Waals surface area contributed by atoms with Crippen molar-refractivity contribution in [1.29, 1.82) is 0 Å². The van der Waals surface area contributed by atoms with E-state index in [-0.39, 0.29) is 35.9 Å². The highest BCUT2D eigenvalue weighted by molar-refractivity contribution is 7.85. The third-order valence-electron chi connectivity index (χ3n) is 8.84. The van der Waals surface area contributed by atoms with Gasteiger partial charge in [0.15, 0.2) is 0 Å². The summed E-state index contributed by atoms with van der Waals surface area (Å²) in [5.41, 5.74) is 6.58. The number of rotatable bonds is 10. The monoisotopic (exact) mass is 640 g/mol. The van der Waals surface area contributed by atoms with Crippen molar-refractivity contribution < 1.29 is 41.6 Å². The summed E-state index contributed by atoms with van der Waals surface area (Å²) in [6, 6.07) is 7.05. The quantitative estimate of drug-likeness (QED) is 0.194. The van der Waals surface area contributed by atoms with Crippen LogP contribution >= 0.6 is 11.6 Å². The second kappa shape index (κ2) is 13.9. The number of allylic oxidation sites excluding steroid dienone is 1. The molecule has 2 bridgehead atoms. The minimum absolute atomic E-state index is 0.0152. The minimum atomic E-state index is -4.08. The fourth-order valence-electron chi connectivity index (χ4n) is 6.54. The smallest absolute Gasteiger partial charge is 0.336 e. The SMILES string of the molecule is CC1(C)[C@H]2CC[C@]1(CS(=O)(=O)O)C(=O)C2.CCOC(=O)C1=C(COCCN)NC(C)=C(C(=O)OC)[C@@H]1c1ccccc1Cl. The predicted molar refractivity (Wildman–Crippen MR) is 161 cm³/mol. The van der Waals surface area contributed by atoms with Gasteiger partial charge in [0.1, 0.15) is 5.78 Å². The molecular weight excluding hydrogens is 600 g/mol. The molecule has 2 aliphatic carbocycles. The zero-order chi connectivity index (χ0) is 32.2. The summed E-state index contributed by atoms with van der Waals surface area (Å²) in [6.45, 7) is 8.31. The van der Waals surface area contributed by atoms with Crippen molar-refractivity contribution >= 4 is 39.4 Å². The normalized spacial score (nSPS) is 24.3. The molecule has 0 radical (unpaired) electrons. The van der Waals surface area contributed by atoms with Gasteiger partial charge in [0, 0.05) is 23.7 Å². The van der Waals surface area contributed by atoms with Gasteiger partial charge in [-0.05, 0) is 49.7 Å². The maximum Gasteiger partial charge on any atom is 0.336 e. The molecule has 1 heterocycles. The number of Topliss-reactive ketones (excluding diaryl/α,β-unsaturated/α-hetero) is 1. The molecule has 0 amide bonds. The summed E-state index contributed by atoms with van der Waals surface area (Å²) in [5.74, 6) is -1.97. The van der Waals surface area contributed by atoms with Gasteiger partial charge in [-0.15, -0.1) is 0 Å². The van der Waals surface area contributed by atoms with Crippen LogP contribution in [0.15, 0.2) is 46.8 Å². The van der Waals surface area contributed by atoms with Crippen LogP contribution in [0.2, 0.25) is 5.02 Å². The molecule has 13 heteroatoms. The Kier molecular flexibility index (Phi) is 11.2. The third kappa shape index (κ3) is 7.15. The topological polar surface area (TPSA) is 171 Å². The summed E-state index contributed by atoms with van der Waals surface area (Å²) >= 11 is 6.42. The summed E-state index contributed by atoms with van der Waals surface area (Å²) in [7, 11) is -2.78. The average molecular weight is 641 g/mol. The van der Waals surface area contributed by atoms with Gasteiger partial charge in [-0.25, -0.2) is 9.59 Å². The molecule has 2 fully saturated rings. The molecule has 1 aromatic rings. The van der Waals surface area contributed by atoms with Crippen molar-refractivity contribution in [3.63, 3.8) is 0 Å². The number of esters is 2. The Morgan fingerprint density at radius 3 is 2.37 bits per heavy atom. The lowest BCUT2D eigenvalue weighted by Crippen LogP contribution is -2.42. The van der Waals surface area contributed by atoms with Gasteiger partial charge in [-0.2, -0.15) is 8.42 Å². The number of halogens is 1. The van der Waals surface area contributed by atoms with Crippen LogP contribution in [0.1, 0.15) is 58.4 Å². The number of hydrogen-bond donors (Lipinski definition) is 3. The fraction of sp³-hybridized carbons (Fsp3) is 0.567. The Labute approximate surface area is 257 Å². The zero-order valence-electron chi connectivity index (χ0n) is 25.2. The zero-order valence-corrected chi connectivity index (χ0v) is 26.8. The van der Waals surface area contributed by atoms with Crippen molar-refractivity contribution in [1.82, 2.24) is 5.32 Å². The second-order valence-corrected chi connectivity index (χ2v) is 13.3. The van der Waals surface area contributed by atoms with Crippen LogP contribution in [0.5, 0.6) is 0 Å². The van der Waals surface area contributed by atoms with Crippen LogP contribution in [0.3, 0.4) is 0 Å². The van der Waals surface area contributed by atoms with Crippen LogP contribution in [0, 0.1) is 16.7 Å². The lowest BCUT2D eigenvalue weighted by atomic mass is 9.70. The molecule has 1 aromatic carbocycles. The summed E-state index contributed by atoms with van der Waals surface area (Å²) in [4.78, 5) is 37.3. The molecule has 4 N–H and O–H groups in total. The number of dihydropyridines is 1. The summed E-state index contributed by atoms with van der Waals surface area (Å²) in [5, 5.41) is 3.52. The van der Waals surface area contributed by atoms with E-state index in [9.17, 15) is 22.8 Å². The van der Waals surface area contributed by atoms with Gasteiger partial charge in [-0.1, -0.05) is 43.6 Å². The number of ether oxygens (including phenoxy) is 3. The van der Waals surface area contributed by atoms with Crippen molar-refractivity contribution in [2.45, 2.75) is 52.9 Å². The Bertz CT molecular complexity index is 1420. The highest BCUT2D eigenvalue weighted by Gasteiger charge is 2.65. The van der Waals surface area contributed by atoms with Crippen LogP contribution in [0.25, 0.3) is 0 Å². The third-order valence-corrected chi connectivity index (χ3v) is 10.0. The van der Waals surface area contributed by atoms with E-state index >= 15 is 0 Å². The maximum atomic E-state index is 12.9. The first kappa shape index (κ1) is 34.7. The summed E-state index contributed by atoms with van der Waals surface area (Å²) < 4.78 is 46.8. The van der Waals surface area contributed by atoms with Crippen molar-refractivity contribution in [2.24, 2.45) is 22.5 Å². The Morgan fingerprint density at radius 2 is 1.86 bits per heavy atom. The molecule has 43 heavy (non-hydrogen) atoms. The molecule has 2 saturated carbocycles. The van der Waals surface area contributed by atoms with E-state index in [1.54, 1.807) is 38.1 Å². The van der Waals surface area contributed by atoms with E-state index in [4.69, 9.17) is 36.1 Å². The van der Waals surface area contributed by atoms with Crippen molar-refractivity contribution in [2.75, 3.05) is 39.2 Å². The molecule has 0 aromatic heterocycles. The standard InChI is InChI=1S/C20H25ClN2O5.C10H16O4S/c1-4-28-20(25)18-15(11-27-10-9-22)23-12(2)16(19(24)26-3)17(18)13-7-5-6-8-14(13)21;1-9(2)7-3-4-10(9,8(11)5-7)6-15(12,13)14/h5-8,17,23H,4,9-11,22H2,1-3H3;7H,3-6H2,1-2H3,(H,12,13,14)/t17-;7-,10-/m00/s1. The first-order valence-electron chi connectivity index (χ1n) is 14.1. The molecule has 0 spiro atoms. The van der Waals surface area contributed by atoms with Crippen LogP contribution < -0.4 is 11.1 Å². The molecule has 3 atom stereocenters. The molecule has 0 saturated heterocycles. The number of nitrogens with two attached hydrogens (primary N) is 1.